The summed E-state index contributed by atoms with van der Waals surface area (Å²) in [5.74, 6) is 0.0587. The molecule has 112 valence electrons. The van der Waals surface area contributed by atoms with Gasteiger partial charge >= 0.3 is 0 Å². The number of rotatable bonds is 6. The van der Waals surface area contributed by atoms with E-state index in [1.807, 2.05) is 12.1 Å². The summed E-state index contributed by atoms with van der Waals surface area (Å²) in [6.45, 7) is 6.28. The third kappa shape index (κ3) is 4.43. The van der Waals surface area contributed by atoms with E-state index in [9.17, 15) is 4.79 Å². The van der Waals surface area contributed by atoms with Crippen molar-refractivity contribution in [3.8, 4) is 0 Å². The summed E-state index contributed by atoms with van der Waals surface area (Å²) in [6.07, 6.45) is 2.94. The average Bonchev–Trinajstić information content (AvgIpc) is 2.87. The summed E-state index contributed by atoms with van der Waals surface area (Å²) < 4.78 is 0. The summed E-state index contributed by atoms with van der Waals surface area (Å²) in [5.41, 5.74) is 2.60. The summed E-state index contributed by atoms with van der Waals surface area (Å²) in [4.78, 5) is 14.3. The van der Waals surface area contributed by atoms with Crippen LogP contribution >= 0.6 is 11.3 Å². The summed E-state index contributed by atoms with van der Waals surface area (Å²) in [5, 5.41) is 3.10. The molecule has 0 saturated carbocycles. The number of hydrogen-bond acceptors (Lipinski definition) is 2. The molecule has 1 aromatic carbocycles. The largest absolute Gasteiger partial charge is 0.349 e. The van der Waals surface area contributed by atoms with Gasteiger partial charge in [0.2, 0.25) is 0 Å². The van der Waals surface area contributed by atoms with Gasteiger partial charge in [0.25, 0.3) is 5.91 Å². The molecule has 0 bridgehead atoms. The molecule has 1 N–H and O–H groups in total. The summed E-state index contributed by atoms with van der Waals surface area (Å²) in [6, 6.07) is 12.6. The third-order valence-electron chi connectivity index (χ3n) is 3.71. The molecule has 2 aromatic rings. The Bertz CT molecular complexity index is 589. The fraction of sp³-hybridized carbons (Fsp3) is 0.389. The molecule has 1 atom stereocenters. The number of hydrogen-bond donors (Lipinski definition) is 1. The van der Waals surface area contributed by atoms with E-state index in [-0.39, 0.29) is 11.9 Å². The second-order valence-electron chi connectivity index (χ2n) is 5.44. The Morgan fingerprint density at radius 2 is 2.00 bits per heavy atom. The second kappa shape index (κ2) is 7.41. The van der Waals surface area contributed by atoms with E-state index in [4.69, 9.17) is 0 Å². The zero-order valence-corrected chi connectivity index (χ0v) is 13.8. The molecule has 0 fully saturated rings. The number of benzene rings is 1. The number of carbonyl (C=O) groups is 1. The van der Waals surface area contributed by atoms with Crippen LogP contribution in [-0.4, -0.2) is 11.9 Å². The molecule has 1 aromatic heterocycles. The zero-order valence-electron chi connectivity index (χ0n) is 13.0. The SMILES string of the molecule is CCc1cc(C(=O)NC(C)CCc2ccccc2)sc1C. The normalized spacial score (nSPS) is 12.1. The van der Waals surface area contributed by atoms with E-state index in [1.54, 1.807) is 11.3 Å². The molecule has 1 amide bonds. The van der Waals surface area contributed by atoms with Gasteiger partial charge in [-0.3, -0.25) is 4.79 Å². The second-order valence-corrected chi connectivity index (χ2v) is 6.70. The lowest BCUT2D eigenvalue weighted by Gasteiger charge is -2.13. The molecule has 2 rings (SSSR count). The lowest BCUT2D eigenvalue weighted by Crippen LogP contribution is -2.32. The van der Waals surface area contributed by atoms with Crippen LogP contribution in [-0.2, 0) is 12.8 Å². The molecular formula is C18H23NOS. The highest BCUT2D eigenvalue weighted by Crippen LogP contribution is 2.22. The molecule has 0 saturated heterocycles. The first-order chi connectivity index (χ1) is 10.1. The van der Waals surface area contributed by atoms with Crippen molar-refractivity contribution >= 4 is 17.2 Å². The topological polar surface area (TPSA) is 29.1 Å². The highest BCUT2D eigenvalue weighted by Gasteiger charge is 2.13. The first-order valence-corrected chi connectivity index (χ1v) is 8.36. The van der Waals surface area contributed by atoms with E-state index in [0.717, 1.165) is 24.1 Å². The fourth-order valence-corrected chi connectivity index (χ4v) is 3.39. The zero-order chi connectivity index (χ0) is 15.2. The number of amides is 1. The summed E-state index contributed by atoms with van der Waals surface area (Å²) >= 11 is 1.59. The maximum atomic E-state index is 12.2. The van der Waals surface area contributed by atoms with Crippen LogP contribution in [0.4, 0.5) is 0 Å². The van der Waals surface area contributed by atoms with Crippen LogP contribution in [0.3, 0.4) is 0 Å². The fourth-order valence-electron chi connectivity index (χ4n) is 2.38. The van der Waals surface area contributed by atoms with Crippen molar-refractivity contribution in [1.82, 2.24) is 5.32 Å². The van der Waals surface area contributed by atoms with Gasteiger partial charge in [-0.25, -0.2) is 0 Å². The van der Waals surface area contributed by atoms with Crippen LogP contribution < -0.4 is 5.32 Å². The molecule has 0 spiro atoms. The van der Waals surface area contributed by atoms with Crippen molar-refractivity contribution < 1.29 is 4.79 Å². The van der Waals surface area contributed by atoms with Crippen LogP contribution in [0.25, 0.3) is 0 Å². The van der Waals surface area contributed by atoms with Crippen LogP contribution in [0.15, 0.2) is 36.4 Å². The van der Waals surface area contributed by atoms with Gasteiger partial charge in [0.1, 0.15) is 0 Å². The minimum Gasteiger partial charge on any atom is -0.349 e. The molecule has 0 aliphatic heterocycles. The first-order valence-electron chi connectivity index (χ1n) is 7.54. The van der Waals surface area contributed by atoms with Gasteiger partial charge in [0.15, 0.2) is 0 Å². The standard InChI is InChI=1S/C18H23NOS/c1-4-16-12-17(21-14(16)3)18(20)19-13(2)10-11-15-8-6-5-7-9-15/h5-9,12-13H,4,10-11H2,1-3H3,(H,19,20). The van der Waals surface area contributed by atoms with Crippen molar-refractivity contribution in [3.63, 3.8) is 0 Å². The Labute approximate surface area is 131 Å². The lowest BCUT2D eigenvalue weighted by molar-refractivity contribution is 0.0942. The minimum absolute atomic E-state index is 0.0587. The van der Waals surface area contributed by atoms with Crippen molar-refractivity contribution in [2.24, 2.45) is 0 Å². The molecule has 0 aliphatic carbocycles. The Hall–Kier alpha value is -1.61. The first kappa shape index (κ1) is 15.8. The molecule has 3 heteroatoms. The van der Waals surface area contributed by atoms with Gasteiger partial charge in [-0.05, 0) is 50.3 Å². The third-order valence-corrected chi connectivity index (χ3v) is 4.80. The van der Waals surface area contributed by atoms with E-state index in [2.05, 4.69) is 50.4 Å². The number of thiophene rings is 1. The lowest BCUT2D eigenvalue weighted by atomic mass is 10.1. The van der Waals surface area contributed by atoms with Crippen LogP contribution in [0.2, 0.25) is 0 Å². The molecule has 0 aliphatic rings. The van der Waals surface area contributed by atoms with Gasteiger partial charge in [-0.1, -0.05) is 37.3 Å². The molecule has 1 heterocycles. The predicted octanol–water partition coefficient (Wildman–Crippen LogP) is 4.37. The van der Waals surface area contributed by atoms with E-state index < -0.39 is 0 Å². The van der Waals surface area contributed by atoms with Crippen molar-refractivity contribution in [2.75, 3.05) is 0 Å². The van der Waals surface area contributed by atoms with Crippen LogP contribution in [0.5, 0.6) is 0 Å². The highest BCUT2D eigenvalue weighted by atomic mass is 32.1. The van der Waals surface area contributed by atoms with Gasteiger partial charge < -0.3 is 5.32 Å². The monoisotopic (exact) mass is 301 g/mol. The molecular weight excluding hydrogens is 278 g/mol. The quantitative estimate of drug-likeness (QED) is 0.843. The molecule has 21 heavy (non-hydrogen) atoms. The summed E-state index contributed by atoms with van der Waals surface area (Å²) in [7, 11) is 0. The molecule has 2 nitrogen and oxygen atoms in total. The molecule has 1 unspecified atom stereocenters. The number of aryl methyl sites for hydroxylation is 3. The minimum atomic E-state index is 0.0587. The highest BCUT2D eigenvalue weighted by molar-refractivity contribution is 7.14. The van der Waals surface area contributed by atoms with Crippen molar-refractivity contribution in [2.45, 2.75) is 46.1 Å². The van der Waals surface area contributed by atoms with Crippen LogP contribution in [0, 0.1) is 6.92 Å². The van der Waals surface area contributed by atoms with Crippen molar-refractivity contribution in [3.05, 3.63) is 57.3 Å². The number of carbonyl (C=O) groups excluding carboxylic acids is 1. The smallest absolute Gasteiger partial charge is 0.261 e. The van der Waals surface area contributed by atoms with Gasteiger partial charge in [-0.2, -0.15) is 0 Å². The average molecular weight is 301 g/mol. The van der Waals surface area contributed by atoms with Crippen LogP contribution in [0.1, 0.15) is 45.9 Å². The van der Waals surface area contributed by atoms with Gasteiger partial charge in [-0.15, -0.1) is 11.3 Å². The van der Waals surface area contributed by atoms with E-state index >= 15 is 0 Å². The maximum absolute atomic E-state index is 12.2. The van der Waals surface area contributed by atoms with Gasteiger partial charge in [0.05, 0.1) is 4.88 Å². The Morgan fingerprint density at radius 1 is 1.29 bits per heavy atom. The van der Waals surface area contributed by atoms with Crippen molar-refractivity contribution in [1.29, 1.82) is 0 Å². The van der Waals surface area contributed by atoms with Gasteiger partial charge in [0, 0.05) is 10.9 Å². The molecule has 0 radical (unpaired) electrons. The Morgan fingerprint density at radius 3 is 2.62 bits per heavy atom. The Kier molecular flexibility index (Phi) is 5.57. The van der Waals surface area contributed by atoms with E-state index in [1.165, 1.54) is 16.0 Å². The maximum Gasteiger partial charge on any atom is 0.261 e. The predicted molar refractivity (Wildman–Crippen MR) is 90.1 cm³/mol. The van der Waals surface area contributed by atoms with E-state index in [0.29, 0.717) is 0 Å². The number of nitrogens with one attached hydrogen (secondary N) is 1. The Balaban J connectivity index is 1.86.